The number of benzene rings is 1. The number of hydrogen-bond acceptors (Lipinski definition) is 3. The lowest BCUT2D eigenvalue weighted by molar-refractivity contribution is -0.138. The van der Waals surface area contributed by atoms with E-state index in [4.69, 9.17) is 0 Å². The zero-order valence-electron chi connectivity index (χ0n) is 13.3. The maximum Gasteiger partial charge on any atom is 0.229 e. The summed E-state index contributed by atoms with van der Waals surface area (Å²) in [6.07, 6.45) is 4.22. The number of aryl methyl sites for hydroxylation is 2. The SMILES string of the molecule is Cc1ccccc1-c1ccc(CCCN2C(=O)CCC2=O)cn1. The summed E-state index contributed by atoms with van der Waals surface area (Å²) in [5.74, 6) is -0.0777. The third kappa shape index (κ3) is 3.47. The number of nitrogens with zero attached hydrogens (tertiary/aromatic N) is 2. The van der Waals surface area contributed by atoms with E-state index in [9.17, 15) is 9.59 Å². The Hall–Kier alpha value is -2.49. The third-order valence-corrected chi connectivity index (χ3v) is 4.25. The zero-order valence-corrected chi connectivity index (χ0v) is 13.3. The second kappa shape index (κ2) is 6.73. The lowest BCUT2D eigenvalue weighted by atomic mass is 10.0. The standard InChI is InChI=1S/C19H20N2O2/c1-14-5-2-3-7-16(14)17-9-8-15(13-20-17)6-4-12-21-18(22)10-11-19(21)23/h2-3,5,7-9,13H,4,6,10-12H2,1H3. The van der Waals surface area contributed by atoms with Crippen LogP contribution in [0.3, 0.4) is 0 Å². The Balaban J connectivity index is 1.59. The quantitative estimate of drug-likeness (QED) is 0.797. The predicted molar refractivity (Wildman–Crippen MR) is 88.7 cm³/mol. The number of pyridine rings is 1. The molecular formula is C19H20N2O2. The fourth-order valence-corrected chi connectivity index (χ4v) is 2.91. The molecule has 0 saturated carbocycles. The number of amides is 2. The maximum atomic E-state index is 11.6. The number of carbonyl (C=O) groups is 2. The molecule has 118 valence electrons. The monoisotopic (exact) mass is 308 g/mol. The Labute approximate surface area is 136 Å². The highest BCUT2D eigenvalue weighted by atomic mass is 16.2. The fourth-order valence-electron chi connectivity index (χ4n) is 2.91. The molecule has 0 aliphatic carbocycles. The van der Waals surface area contributed by atoms with Crippen LogP contribution in [-0.4, -0.2) is 28.2 Å². The van der Waals surface area contributed by atoms with Crippen molar-refractivity contribution in [3.05, 3.63) is 53.7 Å². The van der Waals surface area contributed by atoms with Crippen molar-refractivity contribution in [3.63, 3.8) is 0 Å². The summed E-state index contributed by atoms with van der Waals surface area (Å²) in [7, 11) is 0. The van der Waals surface area contributed by atoms with E-state index in [-0.39, 0.29) is 11.8 Å². The van der Waals surface area contributed by atoms with Crippen LogP contribution in [0.5, 0.6) is 0 Å². The Bertz CT molecular complexity index is 706. The lowest BCUT2D eigenvalue weighted by Gasteiger charge is -2.13. The van der Waals surface area contributed by atoms with Gasteiger partial charge in [-0.2, -0.15) is 0 Å². The van der Waals surface area contributed by atoms with Crippen LogP contribution in [0, 0.1) is 6.92 Å². The van der Waals surface area contributed by atoms with Crippen molar-refractivity contribution in [2.75, 3.05) is 6.54 Å². The molecule has 0 bridgehead atoms. The molecular weight excluding hydrogens is 288 g/mol. The number of carbonyl (C=O) groups excluding carboxylic acids is 2. The van der Waals surface area contributed by atoms with Gasteiger partial charge in [-0.1, -0.05) is 30.3 Å². The topological polar surface area (TPSA) is 50.3 Å². The minimum absolute atomic E-state index is 0.0389. The predicted octanol–water partition coefficient (Wildman–Crippen LogP) is 3.14. The van der Waals surface area contributed by atoms with Crippen LogP contribution in [0.2, 0.25) is 0 Å². The van der Waals surface area contributed by atoms with Crippen molar-refractivity contribution in [2.45, 2.75) is 32.6 Å². The summed E-state index contributed by atoms with van der Waals surface area (Å²) in [5, 5.41) is 0. The van der Waals surface area contributed by atoms with Gasteiger partial charge < -0.3 is 0 Å². The van der Waals surface area contributed by atoms with E-state index in [0.717, 1.165) is 29.7 Å². The fraction of sp³-hybridized carbons (Fsp3) is 0.316. The van der Waals surface area contributed by atoms with Gasteiger partial charge in [-0.3, -0.25) is 19.5 Å². The molecule has 23 heavy (non-hydrogen) atoms. The van der Waals surface area contributed by atoms with E-state index >= 15 is 0 Å². The van der Waals surface area contributed by atoms with Crippen LogP contribution < -0.4 is 0 Å². The van der Waals surface area contributed by atoms with E-state index in [1.54, 1.807) is 0 Å². The van der Waals surface area contributed by atoms with E-state index in [1.165, 1.54) is 10.5 Å². The summed E-state index contributed by atoms with van der Waals surface area (Å²) in [6, 6.07) is 12.3. The Kier molecular flexibility index (Phi) is 4.51. The van der Waals surface area contributed by atoms with Crippen molar-refractivity contribution in [2.24, 2.45) is 0 Å². The molecule has 3 rings (SSSR count). The van der Waals surface area contributed by atoms with Gasteiger partial charge >= 0.3 is 0 Å². The molecule has 4 nitrogen and oxygen atoms in total. The molecule has 1 aromatic heterocycles. The highest BCUT2D eigenvalue weighted by Gasteiger charge is 2.27. The summed E-state index contributed by atoms with van der Waals surface area (Å²) < 4.78 is 0. The van der Waals surface area contributed by atoms with Gasteiger partial charge in [0.2, 0.25) is 11.8 Å². The van der Waals surface area contributed by atoms with Gasteiger partial charge in [0.15, 0.2) is 0 Å². The van der Waals surface area contributed by atoms with Crippen molar-refractivity contribution < 1.29 is 9.59 Å². The molecule has 4 heteroatoms. The first-order valence-corrected chi connectivity index (χ1v) is 7.99. The van der Waals surface area contributed by atoms with Crippen molar-refractivity contribution in [3.8, 4) is 11.3 Å². The molecule has 0 unspecified atom stereocenters. The van der Waals surface area contributed by atoms with Gasteiger partial charge in [0.05, 0.1) is 5.69 Å². The van der Waals surface area contributed by atoms with Gasteiger partial charge in [0.25, 0.3) is 0 Å². The average Bonchev–Trinajstić information content (AvgIpc) is 2.88. The van der Waals surface area contributed by atoms with Crippen LogP contribution in [0.15, 0.2) is 42.6 Å². The second-order valence-corrected chi connectivity index (χ2v) is 5.91. The minimum Gasteiger partial charge on any atom is -0.283 e. The van der Waals surface area contributed by atoms with Gasteiger partial charge in [0, 0.05) is 31.1 Å². The van der Waals surface area contributed by atoms with Gasteiger partial charge in [0.1, 0.15) is 0 Å². The average molecular weight is 308 g/mol. The molecule has 2 amide bonds. The first-order chi connectivity index (χ1) is 11.1. The first-order valence-electron chi connectivity index (χ1n) is 7.99. The van der Waals surface area contributed by atoms with Crippen molar-refractivity contribution in [1.82, 2.24) is 9.88 Å². The summed E-state index contributed by atoms with van der Waals surface area (Å²) in [5.41, 5.74) is 4.45. The molecule has 1 fully saturated rings. The van der Waals surface area contributed by atoms with E-state index < -0.39 is 0 Å². The zero-order chi connectivity index (χ0) is 16.2. The van der Waals surface area contributed by atoms with E-state index in [0.29, 0.717) is 19.4 Å². The molecule has 0 atom stereocenters. The second-order valence-electron chi connectivity index (χ2n) is 5.91. The summed E-state index contributed by atoms with van der Waals surface area (Å²) in [6.45, 7) is 2.59. The van der Waals surface area contributed by atoms with Crippen LogP contribution >= 0.6 is 0 Å². The number of rotatable bonds is 5. The number of hydrogen-bond donors (Lipinski definition) is 0. The first kappa shape index (κ1) is 15.4. The molecule has 0 radical (unpaired) electrons. The molecule has 1 aromatic carbocycles. The number of likely N-dealkylation sites (tertiary alicyclic amines) is 1. The maximum absolute atomic E-state index is 11.6. The van der Waals surface area contributed by atoms with Gasteiger partial charge in [-0.05, 0) is 37.0 Å². The summed E-state index contributed by atoms with van der Waals surface area (Å²) >= 11 is 0. The van der Waals surface area contributed by atoms with Crippen LogP contribution in [0.1, 0.15) is 30.4 Å². The van der Waals surface area contributed by atoms with Crippen LogP contribution in [-0.2, 0) is 16.0 Å². The largest absolute Gasteiger partial charge is 0.283 e. The highest BCUT2D eigenvalue weighted by molar-refractivity contribution is 6.01. The van der Waals surface area contributed by atoms with E-state index in [1.807, 2.05) is 24.4 Å². The highest BCUT2D eigenvalue weighted by Crippen LogP contribution is 2.21. The summed E-state index contributed by atoms with van der Waals surface area (Å²) in [4.78, 5) is 29.0. The van der Waals surface area contributed by atoms with Crippen molar-refractivity contribution in [1.29, 1.82) is 0 Å². The minimum atomic E-state index is -0.0389. The Morgan fingerprint density at radius 2 is 1.78 bits per heavy atom. The van der Waals surface area contributed by atoms with Gasteiger partial charge in [-0.25, -0.2) is 0 Å². The number of aromatic nitrogens is 1. The normalized spacial score (nSPS) is 14.6. The lowest BCUT2D eigenvalue weighted by Crippen LogP contribution is -2.30. The molecule has 0 N–H and O–H groups in total. The molecule has 0 spiro atoms. The third-order valence-electron chi connectivity index (χ3n) is 4.25. The van der Waals surface area contributed by atoms with Crippen molar-refractivity contribution >= 4 is 11.8 Å². The molecule has 2 aromatic rings. The van der Waals surface area contributed by atoms with Gasteiger partial charge in [-0.15, -0.1) is 0 Å². The van der Waals surface area contributed by atoms with E-state index in [2.05, 4.69) is 30.1 Å². The number of imide groups is 1. The Morgan fingerprint density at radius 1 is 1.04 bits per heavy atom. The molecule has 1 saturated heterocycles. The molecule has 2 heterocycles. The van der Waals surface area contributed by atoms with Crippen LogP contribution in [0.4, 0.5) is 0 Å². The molecule has 1 aliphatic heterocycles. The Morgan fingerprint density at radius 3 is 2.43 bits per heavy atom. The smallest absolute Gasteiger partial charge is 0.229 e. The van der Waals surface area contributed by atoms with Crippen LogP contribution in [0.25, 0.3) is 11.3 Å². The molecule has 1 aliphatic rings.